The molecule has 34 heavy (non-hydrogen) atoms. The number of piperidine rings is 1. The van der Waals surface area contributed by atoms with Crippen LogP contribution in [0.4, 0.5) is 5.82 Å². The summed E-state index contributed by atoms with van der Waals surface area (Å²) in [5.41, 5.74) is 7.19. The van der Waals surface area contributed by atoms with Gasteiger partial charge in [-0.3, -0.25) is 4.99 Å². The molecule has 3 aliphatic rings. The molecule has 9 heteroatoms. The summed E-state index contributed by atoms with van der Waals surface area (Å²) in [6.45, 7) is 8.75. The maximum Gasteiger partial charge on any atom is 0.176 e. The number of pyridine rings is 1. The summed E-state index contributed by atoms with van der Waals surface area (Å²) in [5.74, 6) is 3.99. The van der Waals surface area contributed by atoms with E-state index in [9.17, 15) is 0 Å². The quantitative estimate of drug-likeness (QED) is 0.552. The standard InChI is InChI=1S/C25H36N8O/c1-17(2)29-24(28-16-26)20-15-32-11-12-34-22-13-23(27-14-19(22)25(32)30-20)33-8-4-5-21(33)18-6-9-31(3)10-7-18/h13-18,21H,4-12H2,1-3H3,(H2,26,28,29). The highest BCUT2D eigenvalue weighted by Crippen LogP contribution is 2.38. The van der Waals surface area contributed by atoms with Gasteiger partial charge in [0.25, 0.3) is 0 Å². The van der Waals surface area contributed by atoms with E-state index >= 15 is 0 Å². The summed E-state index contributed by atoms with van der Waals surface area (Å²) in [7, 11) is 2.23. The minimum absolute atomic E-state index is 0.0954. The molecule has 0 radical (unpaired) electrons. The predicted molar refractivity (Wildman–Crippen MR) is 136 cm³/mol. The Morgan fingerprint density at radius 2 is 2.03 bits per heavy atom. The van der Waals surface area contributed by atoms with Gasteiger partial charge in [-0.15, -0.1) is 0 Å². The number of likely N-dealkylation sites (tertiary alicyclic amines) is 1. The third-order valence-electron chi connectivity index (χ3n) is 7.17. The Morgan fingerprint density at radius 1 is 1.21 bits per heavy atom. The number of ether oxygens (including phenoxy) is 1. The van der Waals surface area contributed by atoms with Crippen LogP contribution in [-0.4, -0.2) is 77.0 Å². The lowest BCUT2D eigenvalue weighted by Crippen LogP contribution is -2.42. The molecule has 9 nitrogen and oxygen atoms in total. The molecule has 5 rings (SSSR count). The minimum Gasteiger partial charge on any atom is -0.491 e. The van der Waals surface area contributed by atoms with Crippen LogP contribution in [0.25, 0.3) is 11.4 Å². The van der Waals surface area contributed by atoms with Gasteiger partial charge in [-0.2, -0.15) is 0 Å². The summed E-state index contributed by atoms with van der Waals surface area (Å²) in [5, 5.41) is 0. The molecule has 182 valence electrons. The van der Waals surface area contributed by atoms with Crippen molar-refractivity contribution >= 4 is 18.0 Å². The normalized spacial score (nSPS) is 22.2. The number of hydrogen-bond donors (Lipinski definition) is 1. The maximum absolute atomic E-state index is 6.18. The van der Waals surface area contributed by atoms with E-state index in [-0.39, 0.29) is 6.04 Å². The average Bonchev–Trinajstić information content (AvgIpc) is 3.43. The number of nitrogens with zero attached hydrogens (tertiary/aromatic N) is 7. The van der Waals surface area contributed by atoms with Gasteiger partial charge in [-0.1, -0.05) is 0 Å². The fraction of sp³-hybridized carbons (Fsp3) is 0.600. The number of nitrogens with two attached hydrogens (primary N) is 1. The highest BCUT2D eigenvalue weighted by molar-refractivity contribution is 6.01. The summed E-state index contributed by atoms with van der Waals surface area (Å²) >= 11 is 0. The van der Waals surface area contributed by atoms with Crippen molar-refractivity contribution in [2.45, 2.75) is 58.2 Å². The molecular formula is C25H36N8O. The largest absolute Gasteiger partial charge is 0.491 e. The van der Waals surface area contributed by atoms with E-state index in [1.54, 1.807) is 0 Å². The smallest absolute Gasteiger partial charge is 0.176 e. The van der Waals surface area contributed by atoms with Crippen LogP contribution in [0.3, 0.4) is 0 Å². The number of anilines is 1. The first-order valence-electron chi connectivity index (χ1n) is 12.5. The van der Waals surface area contributed by atoms with Crippen molar-refractivity contribution in [2.75, 3.05) is 38.2 Å². The molecule has 2 N–H and O–H groups in total. The first-order chi connectivity index (χ1) is 16.5. The molecule has 2 aromatic heterocycles. The number of aromatic nitrogens is 3. The Balaban J connectivity index is 1.44. The van der Waals surface area contributed by atoms with Gasteiger partial charge in [0.15, 0.2) is 5.84 Å². The summed E-state index contributed by atoms with van der Waals surface area (Å²) in [4.78, 5) is 23.6. The zero-order valence-corrected chi connectivity index (χ0v) is 20.5. The molecule has 2 saturated heterocycles. The summed E-state index contributed by atoms with van der Waals surface area (Å²) in [6, 6.07) is 2.79. The second-order valence-corrected chi connectivity index (χ2v) is 9.90. The first-order valence-corrected chi connectivity index (χ1v) is 12.5. The van der Waals surface area contributed by atoms with Crippen LogP contribution in [0.15, 0.2) is 28.4 Å². The van der Waals surface area contributed by atoms with Gasteiger partial charge < -0.3 is 24.8 Å². The summed E-state index contributed by atoms with van der Waals surface area (Å²) in [6.07, 6.45) is 10.2. The van der Waals surface area contributed by atoms with E-state index in [4.69, 9.17) is 20.4 Å². The van der Waals surface area contributed by atoms with Gasteiger partial charge in [0.2, 0.25) is 0 Å². The van der Waals surface area contributed by atoms with Crippen LogP contribution >= 0.6 is 0 Å². The summed E-state index contributed by atoms with van der Waals surface area (Å²) < 4.78 is 8.28. The molecule has 0 aromatic carbocycles. The van der Waals surface area contributed by atoms with Crippen molar-refractivity contribution in [3.8, 4) is 17.1 Å². The lowest BCUT2D eigenvalue weighted by Gasteiger charge is -2.37. The van der Waals surface area contributed by atoms with Crippen LogP contribution in [0.1, 0.15) is 45.2 Å². The molecule has 0 spiro atoms. The predicted octanol–water partition coefficient (Wildman–Crippen LogP) is 2.79. The van der Waals surface area contributed by atoms with Crippen LogP contribution in [-0.2, 0) is 6.54 Å². The van der Waals surface area contributed by atoms with E-state index < -0.39 is 0 Å². The number of amidine groups is 1. The van der Waals surface area contributed by atoms with Crippen LogP contribution in [0.2, 0.25) is 0 Å². The van der Waals surface area contributed by atoms with E-state index in [1.807, 2.05) is 26.2 Å². The Kier molecular flexibility index (Phi) is 6.54. The Bertz CT molecular complexity index is 1070. The highest BCUT2D eigenvalue weighted by Gasteiger charge is 2.34. The first kappa shape index (κ1) is 22.8. The van der Waals surface area contributed by atoms with Crippen molar-refractivity contribution in [2.24, 2.45) is 21.6 Å². The second-order valence-electron chi connectivity index (χ2n) is 9.90. The topological polar surface area (TPSA) is 97.2 Å². The van der Waals surface area contributed by atoms with Crippen LogP contribution < -0.4 is 15.4 Å². The third-order valence-corrected chi connectivity index (χ3v) is 7.17. The number of imidazole rings is 1. The van der Waals surface area contributed by atoms with Crippen molar-refractivity contribution < 1.29 is 4.74 Å². The Hall–Kier alpha value is -2.94. The average molecular weight is 465 g/mol. The van der Waals surface area contributed by atoms with Gasteiger partial charge in [0.05, 0.1) is 18.4 Å². The molecular weight excluding hydrogens is 428 g/mol. The molecule has 0 aliphatic carbocycles. The van der Waals surface area contributed by atoms with Gasteiger partial charge in [0, 0.05) is 37.1 Å². The lowest BCUT2D eigenvalue weighted by atomic mass is 9.88. The van der Waals surface area contributed by atoms with Gasteiger partial charge in [-0.05, 0) is 65.6 Å². The number of hydrogen-bond acceptors (Lipinski definition) is 6. The van der Waals surface area contributed by atoms with E-state index in [2.05, 4.69) is 37.5 Å². The van der Waals surface area contributed by atoms with Crippen molar-refractivity contribution in [3.63, 3.8) is 0 Å². The van der Waals surface area contributed by atoms with Crippen LogP contribution in [0, 0.1) is 5.92 Å². The third kappa shape index (κ3) is 4.53. The van der Waals surface area contributed by atoms with Gasteiger partial charge in [0.1, 0.15) is 29.7 Å². The maximum atomic E-state index is 6.18. The fourth-order valence-corrected chi connectivity index (χ4v) is 5.50. The Morgan fingerprint density at radius 3 is 2.79 bits per heavy atom. The monoisotopic (exact) mass is 464 g/mol. The molecule has 2 fully saturated rings. The molecule has 0 saturated carbocycles. The zero-order chi connectivity index (χ0) is 23.7. The molecule has 0 bridgehead atoms. The van der Waals surface area contributed by atoms with Crippen molar-refractivity contribution in [3.05, 3.63) is 24.2 Å². The molecule has 0 amide bonds. The fourth-order valence-electron chi connectivity index (χ4n) is 5.50. The highest BCUT2D eigenvalue weighted by atomic mass is 16.5. The van der Waals surface area contributed by atoms with Crippen molar-refractivity contribution in [1.82, 2.24) is 19.4 Å². The van der Waals surface area contributed by atoms with Crippen LogP contribution in [0.5, 0.6) is 5.75 Å². The number of rotatable bonds is 4. The van der Waals surface area contributed by atoms with E-state index in [1.165, 1.54) is 45.1 Å². The molecule has 1 unspecified atom stereocenters. The lowest BCUT2D eigenvalue weighted by molar-refractivity contribution is 0.198. The van der Waals surface area contributed by atoms with Gasteiger partial charge in [-0.25, -0.2) is 15.0 Å². The second kappa shape index (κ2) is 9.74. The molecule has 5 heterocycles. The SMILES string of the molecule is CC(C)N=C(N=CN)c1cn2c(n1)-c1cnc(N3CCCC3C3CCN(C)CC3)cc1OCC2. The molecule has 3 aliphatic heterocycles. The van der Waals surface area contributed by atoms with Crippen molar-refractivity contribution in [1.29, 1.82) is 0 Å². The number of fused-ring (bicyclic) bond motifs is 3. The zero-order valence-electron chi connectivity index (χ0n) is 20.5. The van der Waals surface area contributed by atoms with Gasteiger partial charge >= 0.3 is 0 Å². The molecule has 2 aromatic rings. The van der Waals surface area contributed by atoms with E-state index in [0.717, 1.165) is 35.4 Å². The van der Waals surface area contributed by atoms with E-state index in [0.29, 0.717) is 30.7 Å². The number of aliphatic imine (C=N–C) groups is 2. The Labute approximate surface area is 201 Å². The minimum atomic E-state index is 0.0954. The molecule has 1 atom stereocenters.